The average Bonchev–Trinajstić information content (AvgIpc) is 2.54. The van der Waals surface area contributed by atoms with E-state index in [1.54, 1.807) is 4.90 Å². The van der Waals surface area contributed by atoms with E-state index in [4.69, 9.17) is 15.2 Å². The molecular formula is C19H38IN5O4. The molecule has 29 heavy (non-hydrogen) atoms. The van der Waals surface area contributed by atoms with Gasteiger partial charge in [-0.3, -0.25) is 4.99 Å². The third kappa shape index (κ3) is 12.7. The monoisotopic (exact) mass is 527 g/mol. The Morgan fingerprint density at radius 1 is 0.931 bits per heavy atom. The Balaban J connectivity index is 0.00000784. The van der Waals surface area contributed by atoms with Gasteiger partial charge in [-0.2, -0.15) is 0 Å². The standard InChI is InChI=1S/C19H37N5O4.HI/c1-18(2,3)27-16(25)22-10-8-7-9-21-15(20)23-11-13-24(14-12-23)17(26)28-19(4,5)6;/h7-14H2,1-6H3,(H2,20,21)(H,22,25);1H. The second-order valence-electron chi connectivity index (χ2n) is 8.83. The molecule has 0 radical (unpaired) electrons. The Labute approximate surface area is 191 Å². The van der Waals surface area contributed by atoms with Gasteiger partial charge in [-0.15, -0.1) is 24.0 Å². The number of halogens is 1. The fourth-order valence-corrected chi connectivity index (χ4v) is 2.48. The summed E-state index contributed by atoms with van der Waals surface area (Å²) in [7, 11) is 0. The van der Waals surface area contributed by atoms with E-state index in [-0.39, 0.29) is 30.1 Å². The van der Waals surface area contributed by atoms with Crippen LogP contribution in [-0.2, 0) is 9.47 Å². The Bertz CT molecular complexity index is 550. The molecule has 0 atom stereocenters. The number of piperazine rings is 1. The number of rotatable bonds is 5. The van der Waals surface area contributed by atoms with E-state index >= 15 is 0 Å². The Kier molecular flexibility index (Phi) is 11.7. The Morgan fingerprint density at radius 2 is 1.45 bits per heavy atom. The van der Waals surface area contributed by atoms with E-state index in [0.29, 0.717) is 45.2 Å². The number of carbonyl (C=O) groups excluding carboxylic acids is 2. The highest BCUT2D eigenvalue weighted by atomic mass is 127. The van der Waals surface area contributed by atoms with Crippen LogP contribution >= 0.6 is 24.0 Å². The molecule has 10 heteroatoms. The maximum atomic E-state index is 12.1. The number of nitrogens with zero attached hydrogens (tertiary/aromatic N) is 3. The lowest BCUT2D eigenvalue weighted by Gasteiger charge is -2.36. The summed E-state index contributed by atoms with van der Waals surface area (Å²) in [5, 5.41) is 2.72. The van der Waals surface area contributed by atoms with Gasteiger partial charge in [0.2, 0.25) is 0 Å². The van der Waals surface area contributed by atoms with E-state index in [1.165, 1.54) is 0 Å². The topological polar surface area (TPSA) is 109 Å². The Hall–Kier alpha value is -1.46. The van der Waals surface area contributed by atoms with E-state index in [2.05, 4.69) is 10.3 Å². The number of alkyl carbamates (subject to hydrolysis) is 1. The van der Waals surface area contributed by atoms with Crippen molar-refractivity contribution >= 4 is 42.1 Å². The van der Waals surface area contributed by atoms with Gasteiger partial charge in [0.15, 0.2) is 5.96 Å². The lowest BCUT2D eigenvalue weighted by atomic mass is 10.2. The van der Waals surface area contributed by atoms with Crippen LogP contribution in [0.1, 0.15) is 54.4 Å². The van der Waals surface area contributed by atoms with Gasteiger partial charge in [0.05, 0.1) is 0 Å². The highest BCUT2D eigenvalue weighted by molar-refractivity contribution is 14.0. The maximum Gasteiger partial charge on any atom is 0.410 e. The molecule has 3 N–H and O–H groups in total. The fraction of sp³-hybridized carbons (Fsp3) is 0.842. The van der Waals surface area contributed by atoms with Crippen LogP contribution in [0, 0.1) is 0 Å². The fourth-order valence-electron chi connectivity index (χ4n) is 2.48. The molecule has 1 heterocycles. The molecule has 0 aromatic carbocycles. The molecule has 0 aromatic heterocycles. The van der Waals surface area contributed by atoms with Gasteiger partial charge >= 0.3 is 12.2 Å². The van der Waals surface area contributed by atoms with Gasteiger partial charge in [-0.1, -0.05) is 0 Å². The van der Waals surface area contributed by atoms with Crippen LogP contribution in [0.5, 0.6) is 0 Å². The van der Waals surface area contributed by atoms with Crippen LogP contribution < -0.4 is 11.1 Å². The number of unbranched alkanes of at least 4 members (excludes halogenated alkanes) is 1. The summed E-state index contributed by atoms with van der Waals surface area (Å²) < 4.78 is 10.6. The number of guanidine groups is 1. The van der Waals surface area contributed by atoms with Crippen molar-refractivity contribution in [3.8, 4) is 0 Å². The molecule has 9 nitrogen and oxygen atoms in total. The van der Waals surface area contributed by atoms with Crippen molar-refractivity contribution in [3.05, 3.63) is 0 Å². The molecule has 1 saturated heterocycles. The molecule has 2 amide bonds. The molecule has 1 rings (SSSR count). The van der Waals surface area contributed by atoms with Crippen molar-refractivity contribution in [2.75, 3.05) is 39.3 Å². The van der Waals surface area contributed by atoms with Crippen molar-refractivity contribution in [3.63, 3.8) is 0 Å². The predicted octanol–water partition coefficient (Wildman–Crippen LogP) is 2.78. The summed E-state index contributed by atoms with van der Waals surface area (Å²) in [6.07, 6.45) is 0.912. The molecule has 1 fully saturated rings. The van der Waals surface area contributed by atoms with Crippen LogP contribution in [0.3, 0.4) is 0 Å². The molecule has 0 aliphatic carbocycles. The zero-order valence-electron chi connectivity index (χ0n) is 18.6. The zero-order valence-corrected chi connectivity index (χ0v) is 20.9. The number of nitrogens with one attached hydrogen (secondary N) is 1. The molecule has 1 aliphatic rings. The van der Waals surface area contributed by atoms with E-state index < -0.39 is 17.3 Å². The summed E-state index contributed by atoms with van der Waals surface area (Å²) in [4.78, 5) is 31.7. The number of aliphatic imine (C=N–C) groups is 1. The zero-order chi connectivity index (χ0) is 21.4. The minimum absolute atomic E-state index is 0. The second-order valence-corrected chi connectivity index (χ2v) is 8.83. The number of hydrogen-bond donors (Lipinski definition) is 2. The third-order valence-electron chi connectivity index (χ3n) is 3.78. The summed E-state index contributed by atoms with van der Waals surface area (Å²) in [5.74, 6) is 0.490. The van der Waals surface area contributed by atoms with E-state index in [1.807, 2.05) is 46.4 Å². The van der Waals surface area contributed by atoms with Crippen LogP contribution in [0.15, 0.2) is 4.99 Å². The first-order chi connectivity index (χ1) is 12.9. The van der Waals surface area contributed by atoms with Crippen LogP contribution in [0.2, 0.25) is 0 Å². The number of carbonyl (C=O) groups is 2. The lowest BCUT2D eigenvalue weighted by molar-refractivity contribution is 0.0186. The molecule has 0 saturated carbocycles. The molecule has 0 bridgehead atoms. The number of amides is 2. The number of nitrogens with two attached hydrogens (primary N) is 1. The summed E-state index contributed by atoms with van der Waals surface area (Å²) in [5.41, 5.74) is 5.07. The van der Waals surface area contributed by atoms with Crippen molar-refractivity contribution in [2.45, 2.75) is 65.6 Å². The first kappa shape index (κ1) is 27.5. The maximum absolute atomic E-state index is 12.1. The second kappa shape index (κ2) is 12.3. The van der Waals surface area contributed by atoms with Crippen LogP contribution in [-0.4, -0.2) is 78.4 Å². The predicted molar refractivity (Wildman–Crippen MR) is 125 cm³/mol. The lowest BCUT2D eigenvalue weighted by Crippen LogP contribution is -2.53. The van der Waals surface area contributed by atoms with Crippen molar-refractivity contribution < 1.29 is 19.1 Å². The smallest absolute Gasteiger partial charge is 0.410 e. The third-order valence-corrected chi connectivity index (χ3v) is 3.78. The normalized spacial score (nSPS) is 15.4. The molecule has 0 spiro atoms. The highest BCUT2D eigenvalue weighted by Gasteiger charge is 2.26. The van der Waals surface area contributed by atoms with E-state index in [9.17, 15) is 9.59 Å². The van der Waals surface area contributed by atoms with Gasteiger partial charge in [0.1, 0.15) is 11.2 Å². The molecule has 0 unspecified atom stereocenters. The summed E-state index contributed by atoms with van der Waals surface area (Å²) >= 11 is 0. The SMILES string of the molecule is CC(C)(C)OC(=O)NCCCCN=C(N)N1CCN(C(=O)OC(C)(C)C)CC1.I. The first-order valence-corrected chi connectivity index (χ1v) is 9.87. The van der Waals surface area contributed by atoms with Gasteiger partial charge in [0.25, 0.3) is 0 Å². The molecule has 0 aromatic rings. The largest absolute Gasteiger partial charge is 0.444 e. The summed E-state index contributed by atoms with van der Waals surface area (Å²) in [6.45, 7) is 14.6. The molecular weight excluding hydrogens is 489 g/mol. The van der Waals surface area contributed by atoms with Crippen LogP contribution in [0.25, 0.3) is 0 Å². The first-order valence-electron chi connectivity index (χ1n) is 9.87. The summed E-state index contributed by atoms with van der Waals surface area (Å²) in [6, 6.07) is 0. The molecule has 1 aliphatic heterocycles. The van der Waals surface area contributed by atoms with E-state index in [0.717, 1.165) is 12.8 Å². The van der Waals surface area contributed by atoms with Crippen LogP contribution in [0.4, 0.5) is 9.59 Å². The minimum Gasteiger partial charge on any atom is -0.444 e. The van der Waals surface area contributed by atoms with Gasteiger partial charge in [0, 0.05) is 39.3 Å². The Morgan fingerprint density at radius 3 is 1.97 bits per heavy atom. The van der Waals surface area contributed by atoms with Gasteiger partial charge in [-0.05, 0) is 54.4 Å². The van der Waals surface area contributed by atoms with Crippen molar-refractivity contribution in [1.82, 2.24) is 15.1 Å². The number of hydrogen-bond acceptors (Lipinski definition) is 5. The molecule has 170 valence electrons. The van der Waals surface area contributed by atoms with Crippen molar-refractivity contribution in [1.29, 1.82) is 0 Å². The minimum atomic E-state index is -0.493. The average molecular weight is 527 g/mol. The van der Waals surface area contributed by atoms with Crippen molar-refractivity contribution in [2.24, 2.45) is 10.7 Å². The van der Waals surface area contributed by atoms with Gasteiger partial charge in [-0.25, -0.2) is 9.59 Å². The number of ether oxygens (including phenoxy) is 2. The quantitative estimate of drug-likeness (QED) is 0.246. The highest BCUT2D eigenvalue weighted by Crippen LogP contribution is 2.12. The van der Waals surface area contributed by atoms with Gasteiger partial charge < -0.3 is 30.3 Å².